The molecule has 7 heteroatoms. The number of aryl methyl sites for hydroxylation is 1. The standard InChI is InChI=1S/C18H21N5O2/c1-14-11-23-13-16(5-6-17(23)20-14)21-18(24)22(8-9-25-2)12-15-4-3-7-19-10-15/h3-7,10-11,13H,8-9,12H2,1-2H3,(H,21,24). The van der Waals surface area contributed by atoms with Gasteiger partial charge in [-0.3, -0.25) is 4.98 Å². The number of anilines is 1. The molecule has 0 aliphatic heterocycles. The number of fused-ring (bicyclic) bond motifs is 1. The van der Waals surface area contributed by atoms with Crippen LogP contribution in [0.4, 0.5) is 10.5 Å². The molecule has 130 valence electrons. The Kier molecular flexibility index (Phi) is 5.25. The lowest BCUT2D eigenvalue weighted by molar-refractivity contribution is 0.153. The highest BCUT2D eigenvalue weighted by atomic mass is 16.5. The van der Waals surface area contributed by atoms with Crippen LogP contribution in [0.5, 0.6) is 0 Å². The summed E-state index contributed by atoms with van der Waals surface area (Å²) in [5, 5.41) is 2.93. The van der Waals surface area contributed by atoms with Crippen molar-refractivity contribution < 1.29 is 9.53 Å². The lowest BCUT2D eigenvalue weighted by Gasteiger charge is -2.23. The molecule has 0 bridgehead atoms. The van der Waals surface area contributed by atoms with Crippen LogP contribution in [0.15, 0.2) is 49.1 Å². The van der Waals surface area contributed by atoms with Gasteiger partial charge in [0.1, 0.15) is 5.65 Å². The average Bonchev–Trinajstić information content (AvgIpc) is 2.98. The van der Waals surface area contributed by atoms with Crippen LogP contribution in [-0.2, 0) is 11.3 Å². The van der Waals surface area contributed by atoms with Crippen molar-refractivity contribution in [3.05, 3.63) is 60.3 Å². The number of amides is 2. The van der Waals surface area contributed by atoms with Crippen LogP contribution in [0.1, 0.15) is 11.3 Å². The van der Waals surface area contributed by atoms with Crippen LogP contribution in [0.3, 0.4) is 0 Å². The van der Waals surface area contributed by atoms with Gasteiger partial charge in [0.05, 0.1) is 18.0 Å². The number of ether oxygens (including phenoxy) is 1. The van der Waals surface area contributed by atoms with Crippen LogP contribution in [0.2, 0.25) is 0 Å². The second kappa shape index (κ2) is 7.76. The van der Waals surface area contributed by atoms with E-state index in [1.165, 1.54) is 0 Å². The number of rotatable bonds is 6. The molecular weight excluding hydrogens is 318 g/mol. The maximum absolute atomic E-state index is 12.7. The molecule has 3 rings (SSSR count). The predicted molar refractivity (Wildman–Crippen MR) is 95.5 cm³/mol. The van der Waals surface area contributed by atoms with Crippen molar-refractivity contribution in [2.24, 2.45) is 0 Å². The van der Waals surface area contributed by atoms with E-state index < -0.39 is 0 Å². The van der Waals surface area contributed by atoms with E-state index in [-0.39, 0.29) is 6.03 Å². The molecule has 0 aliphatic rings. The zero-order valence-electron chi connectivity index (χ0n) is 14.3. The number of hydrogen-bond acceptors (Lipinski definition) is 4. The van der Waals surface area contributed by atoms with Crippen molar-refractivity contribution >= 4 is 17.4 Å². The van der Waals surface area contributed by atoms with E-state index >= 15 is 0 Å². The highest BCUT2D eigenvalue weighted by molar-refractivity contribution is 5.89. The minimum absolute atomic E-state index is 0.183. The molecule has 0 unspecified atom stereocenters. The molecule has 0 saturated heterocycles. The Bertz CT molecular complexity index is 847. The van der Waals surface area contributed by atoms with Crippen molar-refractivity contribution in [2.45, 2.75) is 13.5 Å². The van der Waals surface area contributed by atoms with Crippen LogP contribution in [0.25, 0.3) is 5.65 Å². The topological polar surface area (TPSA) is 71.8 Å². The first-order chi connectivity index (χ1) is 12.2. The van der Waals surface area contributed by atoms with Gasteiger partial charge >= 0.3 is 6.03 Å². The summed E-state index contributed by atoms with van der Waals surface area (Å²) in [4.78, 5) is 22.9. The first-order valence-electron chi connectivity index (χ1n) is 8.05. The van der Waals surface area contributed by atoms with Crippen molar-refractivity contribution in [2.75, 3.05) is 25.6 Å². The molecular formula is C18H21N5O2. The largest absolute Gasteiger partial charge is 0.383 e. The average molecular weight is 339 g/mol. The van der Waals surface area contributed by atoms with Gasteiger partial charge in [0.2, 0.25) is 0 Å². The molecule has 0 atom stereocenters. The van der Waals surface area contributed by atoms with Crippen molar-refractivity contribution in [1.29, 1.82) is 0 Å². The quantitative estimate of drug-likeness (QED) is 0.749. The summed E-state index contributed by atoms with van der Waals surface area (Å²) in [6, 6.07) is 7.34. The summed E-state index contributed by atoms with van der Waals surface area (Å²) in [6.45, 7) is 3.36. The lowest BCUT2D eigenvalue weighted by atomic mass is 10.2. The maximum Gasteiger partial charge on any atom is 0.322 e. The number of pyridine rings is 2. The summed E-state index contributed by atoms with van der Waals surface area (Å²) >= 11 is 0. The number of carbonyl (C=O) groups is 1. The molecule has 0 fully saturated rings. The van der Waals surface area contributed by atoms with Gasteiger partial charge in [-0.25, -0.2) is 9.78 Å². The second-order valence-electron chi connectivity index (χ2n) is 5.77. The number of methoxy groups -OCH3 is 1. The van der Waals surface area contributed by atoms with Gasteiger partial charge in [-0.05, 0) is 30.7 Å². The van der Waals surface area contributed by atoms with Crippen LogP contribution in [0, 0.1) is 6.92 Å². The van der Waals surface area contributed by atoms with E-state index in [1.54, 1.807) is 24.4 Å². The van der Waals surface area contributed by atoms with E-state index in [2.05, 4.69) is 15.3 Å². The third-order valence-electron chi connectivity index (χ3n) is 3.77. The van der Waals surface area contributed by atoms with Crippen LogP contribution >= 0.6 is 0 Å². The minimum atomic E-state index is -0.183. The first-order valence-corrected chi connectivity index (χ1v) is 8.05. The number of nitrogens with one attached hydrogen (secondary N) is 1. The second-order valence-corrected chi connectivity index (χ2v) is 5.77. The van der Waals surface area contributed by atoms with E-state index in [0.29, 0.717) is 25.4 Å². The molecule has 2 amide bonds. The number of carbonyl (C=O) groups excluding carboxylic acids is 1. The fourth-order valence-corrected chi connectivity index (χ4v) is 2.56. The van der Waals surface area contributed by atoms with Gasteiger partial charge in [-0.2, -0.15) is 0 Å². The van der Waals surface area contributed by atoms with Gasteiger partial charge in [-0.1, -0.05) is 6.07 Å². The predicted octanol–water partition coefficient (Wildman–Crippen LogP) is 2.72. The number of imidazole rings is 1. The smallest absolute Gasteiger partial charge is 0.322 e. The zero-order valence-corrected chi connectivity index (χ0v) is 14.3. The number of aromatic nitrogens is 3. The third kappa shape index (κ3) is 4.33. The van der Waals surface area contributed by atoms with Gasteiger partial charge in [0, 0.05) is 45.0 Å². The summed E-state index contributed by atoms with van der Waals surface area (Å²) in [5.74, 6) is 0. The fraction of sp³-hybridized carbons (Fsp3) is 0.278. The fourth-order valence-electron chi connectivity index (χ4n) is 2.56. The molecule has 3 heterocycles. The Morgan fingerprint density at radius 3 is 2.96 bits per heavy atom. The van der Waals surface area contributed by atoms with Crippen LogP contribution in [-0.4, -0.2) is 45.6 Å². The molecule has 7 nitrogen and oxygen atoms in total. The highest BCUT2D eigenvalue weighted by Gasteiger charge is 2.14. The Hall–Kier alpha value is -2.93. The van der Waals surface area contributed by atoms with E-state index in [0.717, 1.165) is 16.9 Å². The first kappa shape index (κ1) is 16.9. The Morgan fingerprint density at radius 2 is 2.20 bits per heavy atom. The number of nitrogens with zero attached hydrogens (tertiary/aromatic N) is 4. The van der Waals surface area contributed by atoms with Gasteiger partial charge in [0.15, 0.2) is 0 Å². The summed E-state index contributed by atoms with van der Waals surface area (Å²) in [5.41, 5.74) is 3.46. The van der Waals surface area contributed by atoms with Crippen LogP contribution < -0.4 is 5.32 Å². The Morgan fingerprint density at radius 1 is 1.32 bits per heavy atom. The van der Waals surface area contributed by atoms with Gasteiger partial charge in [0.25, 0.3) is 0 Å². The van der Waals surface area contributed by atoms with Crippen molar-refractivity contribution in [3.8, 4) is 0 Å². The Labute approximate surface area is 146 Å². The highest BCUT2D eigenvalue weighted by Crippen LogP contribution is 2.13. The SMILES string of the molecule is COCCN(Cc1cccnc1)C(=O)Nc1ccc2nc(C)cn2c1. The molecule has 0 radical (unpaired) electrons. The molecule has 1 N–H and O–H groups in total. The molecule has 3 aromatic heterocycles. The molecule has 0 spiro atoms. The molecule has 3 aromatic rings. The Balaban J connectivity index is 1.73. The van der Waals surface area contributed by atoms with E-state index in [4.69, 9.17) is 4.74 Å². The maximum atomic E-state index is 12.7. The summed E-state index contributed by atoms with van der Waals surface area (Å²) < 4.78 is 7.02. The number of hydrogen-bond donors (Lipinski definition) is 1. The van der Waals surface area contributed by atoms with E-state index in [9.17, 15) is 4.79 Å². The molecule has 0 saturated carbocycles. The molecule has 0 aliphatic carbocycles. The zero-order chi connectivity index (χ0) is 17.6. The van der Waals surface area contributed by atoms with E-state index in [1.807, 2.05) is 48.0 Å². The molecule has 0 aromatic carbocycles. The molecule has 25 heavy (non-hydrogen) atoms. The minimum Gasteiger partial charge on any atom is -0.383 e. The van der Waals surface area contributed by atoms with Gasteiger partial charge < -0.3 is 19.4 Å². The van der Waals surface area contributed by atoms with Crippen molar-refractivity contribution in [3.63, 3.8) is 0 Å². The van der Waals surface area contributed by atoms with Crippen molar-refractivity contribution in [1.82, 2.24) is 19.3 Å². The summed E-state index contributed by atoms with van der Waals surface area (Å²) in [7, 11) is 1.62. The lowest BCUT2D eigenvalue weighted by Crippen LogP contribution is -2.36. The summed E-state index contributed by atoms with van der Waals surface area (Å²) in [6.07, 6.45) is 7.24. The normalized spacial score (nSPS) is 10.8. The van der Waals surface area contributed by atoms with Gasteiger partial charge in [-0.15, -0.1) is 0 Å². The number of urea groups is 1. The third-order valence-corrected chi connectivity index (χ3v) is 3.77. The monoisotopic (exact) mass is 339 g/mol.